The molecular weight excluding hydrogens is 415 g/mol. The third-order valence-corrected chi connectivity index (χ3v) is 3.96. The van der Waals surface area contributed by atoms with Crippen molar-refractivity contribution in [3.63, 3.8) is 0 Å². The van der Waals surface area contributed by atoms with Gasteiger partial charge < -0.3 is 19.2 Å². The number of anilines is 2. The van der Waals surface area contributed by atoms with Crippen molar-refractivity contribution in [1.82, 2.24) is 20.2 Å². The molecule has 0 amide bonds. The third kappa shape index (κ3) is 4.89. The summed E-state index contributed by atoms with van der Waals surface area (Å²) < 4.78 is 54.8. The van der Waals surface area contributed by atoms with Gasteiger partial charge in [0.2, 0.25) is 11.8 Å². The number of benzene rings is 2. The van der Waals surface area contributed by atoms with Crippen LogP contribution in [0.5, 0.6) is 17.6 Å². The Kier molecular flexibility index (Phi) is 5.39. The minimum atomic E-state index is -4.45. The quantitative estimate of drug-likeness (QED) is 0.453. The number of nitrogens with zero attached hydrogens (tertiary/aromatic N) is 4. The molecule has 0 aliphatic rings. The summed E-state index contributed by atoms with van der Waals surface area (Å²) in [5.41, 5.74) is -0.0774. The minimum absolute atomic E-state index is 0.0545. The number of aromatic nitrogens is 4. The van der Waals surface area contributed by atoms with Crippen LogP contribution in [0.25, 0.3) is 11.5 Å². The molecule has 0 bridgehead atoms. The highest BCUT2D eigenvalue weighted by Gasteiger charge is 2.30. The van der Waals surface area contributed by atoms with Crippen LogP contribution in [0.4, 0.5) is 24.9 Å². The molecular formula is C20H14F3N5O3. The molecule has 158 valence electrons. The van der Waals surface area contributed by atoms with Crippen molar-refractivity contribution < 1.29 is 27.1 Å². The second kappa shape index (κ2) is 8.30. The lowest BCUT2D eigenvalue weighted by atomic mass is 10.2. The molecule has 4 aromatic rings. The minimum Gasteiger partial charge on any atom is -0.467 e. The van der Waals surface area contributed by atoms with E-state index < -0.39 is 11.7 Å². The normalized spacial score (nSPS) is 11.2. The van der Waals surface area contributed by atoms with Crippen LogP contribution in [0.15, 0.2) is 65.2 Å². The fourth-order valence-electron chi connectivity index (χ4n) is 2.58. The summed E-state index contributed by atoms with van der Waals surface area (Å²) in [6.45, 7) is 0. The maximum absolute atomic E-state index is 12.9. The molecule has 11 heteroatoms. The molecule has 8 nitrogen and oxygen atoms in total. The van der Waals surface area contributed by atoms with Crippen LogP contribution in [0, 0.1) is 0 Å². The predicted octanol–water partition coefficient (Wildman–Crippen LogP) is 5.09. The van der Waals surface area contributed by atoms with Crippen molar-refractivity contribution in [2.75, 3.05) is 12.4 Å². The summed E-state index contributed by atoms with van der Waals surface area (Å²) in [6.07, 6.45) is -2.96. The van der Waals surface area contributed by atoms with Gasteiger partial charge in [-0.15, -0.1) is 5.10 Å². The average Bonchev–Trinajstić information content (AvgIpc) is 3.22. The van der Waals surface area contributed by atoms with Gasteiger partial charge in [-0.2, -0.15) is 18.2 Å². The Labute approximate surface area is 173 Å². The number of methoxy groups -OCH3 is 1. The van der Waals surface area contributed by atoms with Gasteiger partial charge in [0.05, 0.1) is 12.7 Å². The molecule has 0 atom stereocenters. The number of halogens is 3. The van der Waals surface area contributed by atoms with E-state index in [0.717, 1.165) is 12.1 Å². The van der Waals surface area contributed by atoms with Gasteiger partial charge in [-0.05, 0) is 36.4 Å². The fraction of sp³-hybridized carbons (Fsp3) is 0.100. The Bertz CT molecular complexity index is 1200. The maximum Gasteiger partial charge on any atom is 0.416 e. The molecule has 4 rings (SSSR count). The highest BCUT2D eigenvalue weighted by Crippen LogP contribution is 2.32. The Hall–Kier alpha value is -4.15. The Morgan fingerprint density at radius 2 is 1.84 bits per heavy atom. The first-order valence-electron chi connectivity index (χ1n) is 8.84. The van der Waals surface area contributed by atoms with Crippen molar-refractivity contribution in [3.05, 3.63) is 66.4 Å². The van der Waals surface area contributed by atoms with E-state index in [0.29, 0.717) is 11.3 Å². The van der Waals surface area contributed by atoms with Crippen LogP contribution >= 0.6 is 0 Å². The second-order valence-electron chi connectivity index (χ2n) is 6.13. The van der Waals surface area contributed by atoms with Gasteiger partial charge in [-0.1, -0.05) is 17.2 Å². The monoisotopic (exact) mass is 429 g/mol. The molecule has 0 fully saturated rings. The summed E-state index contributed by atoms with van der Waals surface area (Å²) in [4.78, 5) is 7.97. The van der Waals surface area contributed by atoms with Gasteiger partial charge in [0.1, 0.15) is 5.75 Å². The van der Waals surface area contributed by atoms with Gasteiger partial charge in [-0.3, -0.25) is 0 Å². The number of hydrogen-bond acceptors (Lipinski definition) is 8. The highest BCUT2D eigenvalue weighted by molar-refractivity contribution is 5.58. The lowest BCUT2D eigenvalue weighted by Crippen LogP contribution is -2.05. The van der Waals surface area contributed by atoms with Crippen molar-refractivity contribution in [2.24, 2.45) is 0 Å². The zero-order chi connectivity index (χ0) is 21.8. The van der Waals surface area contributed by atoms with E-state index in [1.54, 1.807) is 30.3 Å². The summed E-state index contributed by atoms with van der Waals surface area (Å²) in [7, 11) is 1.44. The largest absolute Gasteiger partial charge is 0.467 e. The van der Waals surface area contributed by atoms with Crippen molar-refractivity contribution in [1.29, 1.82) is 0 Å². The van der Waals surface area contributed by atoms with E-state index in [9.17, 15) is 13.2 Å². The van der Waals surface area contributed by atoms with Crippen molar-refractivity contribution >= 4 is 11.7 Å². The number of hydrogen-bond donors (Lipinski definition) is 1. The van der Waals surface area contributed by atoms with E-state index >= 15 is 0 Å². The summed E-state index contributed by atoms with van der Waals surface area (Å²) >= 11 is 0. The Balaban J connectivity index is 1.51. The lowest BCUT2D eigenvalue weighted by molar-refractivity contribution is -0.137. The van der Waals surface area contributed by atoms with Gasteiger partial charge in [0.15, 0.2) is 0 Å². The van der Waals surface area contributed by atoms with Crippen molar-refractivity contribution in [3.8, 4) is 29.1 Å². The van der Waals surface area contributed by atoms with E-state index in [2.05, 4.69) is 25.5 Å². The molecule has 0 unspecified atom stereocenters. The zero-order valence-electron chi connectivity index (χ0n) is 15.9. The summed E-state index contributed by atoms with van der Waals surface area (Å²) in [5.74, 6) is 0.880. The van der Waals surface area contributed by atoms with Crippen LogP contribution in [0.2, 0.25) is 0 Å². The zero-order valence-corrected chi connectivity index (χ0v) is 15.9. The first kappa shape index (κ1) is 20.1. The van der Waals surface area contributed by atoms with E-state index in [1.807, 2.05) is 0 Å². The standard InChI is InChI=1S/C20H14F3N5O3/c1-29-18-24-9-8-16(26-18)30-15-7-2-4-12(10-15)17-27-28-19(31-17)25-14-6-3-5-13(11-14)20(21,22)23/h2-11H,1H3,(H,25,28). The highest BCUT2D eigenvalue weighted by atomic mass is 19.4. The molecule has 1 N–H and O–H groups in total. The van der Waals surface area contributed by atoms with E-state index in [1.165, 1.54) is 25.4 Å². The molecule has 0 spiro atoms. The molecule has 0 aliphatic carbocycles. The number of alkyl halides is 3. The molecule has 2 aromatic heterocycles. The molecule has 0 saturated carbocycles. The summed E-state index contributed by atoms with van der Waals surface area (Å²) in [6, 6.07) is 13.1. The van der Waals surface area contributed by atoms with Gasteiger partial charge in [0.25, 0.3) is 0 Å². The number of ether oxygens (including phenoxy) is 2. The molecule has 2 heterocycles. The van der Waals surface area contributed by atoms with Gasteiger partial charge >= 0.3 is 18.2 Å². The lowest BCUT2D eigenvalue weighted by Gasteiger charge is -2.08. The Morgan fingerprint density at radius 1 is 1.00 bits per heavy atom. The first-order valence-corrected chi connectivity index (χ1v) is 8.84. The molecule has 2 aromatic carbocycles. The second-order valence-corrected chi connectivity index (χ2v) is 6.13. The molecule has 0 saturated heterocycles. The number of rotatable bonds is 6. The third-order valence-electron chi connectivity index (χ3n) is 3.96. The molecule has 0 aliphatic heterocycles. The SMILES string of the molecule is COc1nccc(Oc2cccc(-c3nnc(Nc4cccc(C(F)(F)F)c4)o3)c2)n1. The summed E-state index contributed by atoms with van der Waals surface area (Å²) in [5, 5.41) is 10.4. The van der Waals surface area contributed by atoms with Crippen LogP contribution in [-0.4, -0.2) is 27.3 Å². The predicted molar refractivity (Wildman–Crippen MR) is 103 cm³/mol. The van der Waals surface area contributed by atoms with Crippen LogP contribution in [0.1, 0.15) is 5.56 Å². The number of nitrogens with one attached hydrogen (secondary N) is 1. The Morgan fingerprint density at radius 3 is 2.65 bits per heavy atom. The van der Waals surface area contributed by atoms with Crippen molar-refractivity contribution in [2.45, 2.75) is 6.18 Å². The van der Waals surface area contributed by atoms with E-state index in [-0.39, 0.29) is 29.5 Å². The first-order chi connectivity index (χ1) is 14.9. The van der Waals surface area contributed by atoms with E-state index in [4.69, 9.17) is 13.9 Å². The van der Waals surface area contributed by atoms with Crippen LogP contribution in [-0.2, 0) is 6.18 Å². The molecule has 0 radical (unpaired) electrons. The van der Waals surface area contributed by atoms with Crippen LogP contribution in [0.3, 0.4) is 0 Å². The fourth-order valence-corrected chi connectivity index (χ4v) is 2.58. The smallest absolute Gasteiger partial charge is 0.416 e. The van der Waals surface area contributed by atoms with Crippen LogP contribution < -0.4 is 14.8 Å². The molecule has 31 heavy (non-hydrogen) atoms. The van der Waals surface area contributed by atoms with Gasteiger partial charge in [0, 0.05) is 23.5 Å². The maximum atomic E-state index is 12.9. The van der Waals surface area contributed by atoms with Gasteiger partial charge in [-0.25, -0.2) is 4.98 Å². The topological polar surface area (TPSA) is 95.2 Å². The average molecular weight is 429 g/mol.